The summed E-state index contributed by atoms with van der Waals surface area (Å²) in [5.41, 5.74) is 0. The summed E-state index contributed by atoms with van der Waals surface area (Å²) in [7, 11) is 1.45. The zero-order valence-electron chi connectivity index (χ0n) is 12.2. The van der Waals surface area contributed by atoms with Gasteiger partial charge in [0.25, 0.3) is 0 Å². The molecule has 0 saturated carbocycles. The van der Waals surface area contributed by atoms with E-state index in [-0.39, 0.29) is 0 Å². The zero-order chi connectivity index (χ0) is 19.0. The van der Waals surface area contributed by atoms with Crippen LogP contribution in [0.25, 0.3) is 0 Å². The molecule has 2 rings (SSSR count). The van der Waals surface area contributed by atoms with Gasteiger partial charge >= 0.3 is 0 Å². The van der Waals surface area contributed by atoms with Gasteiger partial charge in [-0.2, -0.15) is 17.6 Å². The van der Waals surface area contributed by atoms with Crippen molar-refractivity contribution in [3.63, 3.8) is 0 Å². The van der Waals surface area contributed by atoms with E-state index in [9.17, 15) is 35.1 Å². The highest BCUT2D eigenvalue weighted by Crippen LogP contribution is 2.42. The summed E-state index contributed by atoms with van der Waals surface area (Å²) in [6.07, 6.45) is 0. The van der Waals surface area contributed by atoms with Crippen molar-refractivity contribution in [2.75, 3.05) is 14.2 Å². The van der Waals surface area contributed by atoms with Crippen LogP contribution < -0.4 is 9.47 Å². The maximum absolute atomic E-state index is 13.8. The fourth-order valence-electron chi connectivity index (χ4n) is 1.82. The fourth-order valence-corrected chi connectivity index (χ4v) is 2.74. The second-order valence-corrected chi connectivity index (χ2v) is 5.36. The molecule has 0 bridgehead atoms. The number of benzene rings is 2. The van der Waals surface area contributed by atoms with Crippen LogP contribution in [-0.4, -0.2) is 14.2 Å². The largest absolute Gasteiger partial charge is 0.491 e. The molecule has 25 heavy (non-hydrogen) atoms. The third kappa shape index (κ3) is 2.96. The van der Waals surface area contributed by atoms with Crippen molar-refractivity contribution >= 4 is 11.8 Å². The molecule has 0 heterocycles. The molecule has 2 nitrogen and oxygen atoms in total. The van der Waals surface area contributed by atoms with Crippen molar-refractivity contribution in [2.24, 2.45) is 0 Å². The van der Waals surface area contributed by atoms with Crippen LogP contribution in [0, 0.1) is 46.5 Å². The Morgan fingerprint density at radius 2 is 0.720 bits per heavy atom. The maximum atomic E-state index is 13.8. The van der Waals surface area contributed by atoms with E-state index >= 15 is 0 Å². The van der Waals surface area contributed by atoms with Crippen LogP contribution in [-0.2, 0) is 0 Å². The molecule has 0 radical (unpaired) electrons. The Morgan fingerprint density at radius 3 is 0.920 bits per heavy atom. The molecular weight excluding hydrogens is 384 g/mol. The summed E-state index contributed by atoms with van der Waals surface area (Å²) < 4.78 is 118. The lowest BCUT2D eigenvalue weighted by Crippen LogP contribution is -2.06. The minimum absolute atomic E-state index is 0.582. The molecule has 0 aliphatic carbocycles. The van der Waals surface area contributed by atoms with Crippen molar-refractivity contribution in [1.29, 1.82) is 0 Å². The number of halogens is 8. The van der Waals surface area contributed by atoms with Crippen LogP contribution >= 0.6 is 11.8 Å². The third-order valence-corrected chi connectivity index (χ3v) is 4.10. The molecule has 0 atom stereocenters. The molecule has 2 aromatic carbocycles. The lowest BCUT2D eigenvalue weighted by atomic mass is 10.3. The first-order valence-corrected chi connectivity index (χ1v) is 6.96. The molecule has 0 amide bonds. The molecule has 2 aromatic rings. The predicted molar refractivity (Wildman–Crippen MR) is 69.8 cm³/mol. The molecule has 0 aliphatic heterocycles. The Hall–Kier alpha value is -2.17. The molecule has 0 unspecified atom stereocenters. The van der Waals surface area contributed by atoms with Crippen LogP contribution in [0.3, 0.4) is 0 Å². The molecule has 0 aromatic heterocycles. The van der Waals surface area contributed by atoms with E-state index in [2.05, 4.69) is 9.47 Å². The van der Waals surface area contributed by atoms with Gasteiger partial charge in [0.05, 0.1) is 24.0 Å². The highest BCUT2D eigenvalue weighted by molar-refractivity contribution is 7.99. The number of hydrogen-bond donors (Lipinski definition) is 0. The highest BCUT2D eigenvalue weighted by Gasteiger charge is 2.32. The van der Waals surface area contributed by atoms with E-state index in [1.54, 1.807) is 0 Å². The summed E-state index contributed by atoms with van der Waals surface area (Å²) in [4.78, 5) is -3.12. The van der Waals surface area contributed by atoms with Crippen LogP contribution in [0.5, 0.6) is 11.5 Å². The van der Waals surface area contributed by atoms with E-state index in [0.717, 1.165) is 14.2 Å². The first kappa shape index (κ1) is 19.2. The Morgan fingerprint density at radius 1 is 0.480 bits per heavy atom. The lowest BCUT2D eigenvalue weighted by Gasteiger charge is -2.13. The monoisotopic (exact) mass is 390 g/mol. The second-order valence-electron chi connectivity index (χ2n) is 4.34. The third-order valence-electron chi connectivity index (χ3n) is 2.98. The van der Waals surface area contributed by atoms with Crippen LogP contribution in [0.1, 0.15) is 0 Å². The van der Waals surface area contributed by atoms with Crippen LogP contribution in [0.2, 0.25) is 0 Å². The van der Waals surface area contributed by atoms with Gasteiger partial charge in [0, 0.05) is 0 Å². The number of ether oxygens (including phenoxy) is 2. The SMILES string of the molecule is COc1c(F)c(F)c(Sc2c(F)c(F)c(OC)c(F)c2F)c(F)c1F. The minimum atomic E-state index is -2.06. The van der Waals surface area contributed by atoms with E-state index in [4.69, 9.17) is 0 Å². The molecule has 0 aliphatic rings. The molecule has 11 heteroatoms. The van der Waals surface area contributed by atoms with E-state index in [1.165, 1.54) is 0 Å². The highest BCUT2D eigenvalue weighted by atomic mass is 32.2. The second kappa shape index (κ2) is 6.98. The Labute approximate surface area is 139 Å². The summed E-state index contributed by atoms with van der Waals surface area (Å²) in [6, 6.07) is 0. The van der Waals surface area contributed by atoms with Gasteiger partial charge in [0.2, 0.25) is 23.3 Å². The van der Waals surface area contributed by atoms with Gasteiger partial charge in [-0.1, -0.05) is 11.8 Å². The standard InChI is InChI=1S/C14H6F8O2S/c1-23-11-3(15)7(19)13(8(20)4(11)16)25-14-9(21)5(17)12(24-2)6(18)10(14)22/h1-2H3. The zero-order valence-corrected chi connectivity index (χ0v) is 13.1. The lowest BCUT2D eigenvalue weighted by molar-refractivity contribution is 0.321. The van der Waals surface area contributed by atoms with Gasteiger partial charge in [-0.05, 0) is 0 Å². The van der Waals surface area contributed by atoms with Gasteiger partial charge in [-0.15, -0.1) is 0 Å². The van der Waals surface area contributed by atoms with E-state index < -0.39 is 79.6 Å². The first-order chi connectivity index (χ1) is 11.7. The maximum Gasteiger partial charge on any atom is 0.205 e. The average Bonchev–Trinajstić information content (AvgIpc) is 2.59. The quantitative estimate of drug-likeness (QED) is 0.543. The fraction of sp³-hybridized carbons (Fsp3) is 0.143. The van der Waals surface area contributed by atoms with Crippen molar-refractivity contribution in [2.45, 2.75) is 9.79 Å². The summed E-state index contributed by atoms with van der Waals surface area (Å²) in [6.45, 7) is 0. The van der Waals surface area contributed by atoms with Gasteiger partial charge in [0.1, 0.15) is 0 Å². The molecular formula is C14H6F8O2S. The van der Waals surface area contributed by atoms with Crippen LogP contribution in [0.4, 0.5) is 35.1 Å². The molecule has 136 valence electrons. The summed E-state index contributed by atoms with van der Waals surface area (Å²) in [5, 5.41) is 0. The number of hydrogen-bond acceptors (Lipinski definition) is 3. The van der Waals surface area contributed by atoms with Gasteiger partial charge in [0.15, 0.2) is 34.8 Å². The molecule has 0 spiro atoms. The Bertz CT molecular complexity index is 728. The summed E-state index contributed by atoms with van der Waals surface area (Å²) in [5.74, 6) is -19.0. The first-order valence-electron chi connectivity index (χ1n) is 6.14. The normalized spacial score (nSPS) is 11.0. The van der Waals surface area contributed by atoms with Crippen molar-refractivity contribution < 1.29 is 44.6 Å². The van der Waals surface area contributed by atoms with Gasteiger partial charge in [-0.3, -0.25) is 0 Å². The summed E-state index contributed by atoms with van der Waals surface area (Å²) >= 11 is -0.582. The van der Waals surface area contributed by atoms with Gasteiger partial charge in [-0.25, -0.2) is 17.6 Å². The average molecular weight is 390 g/mol. The Balaban J connectivity index is 2.70. The van der Waals surface area contributed by atoms with E-state index in [1.807, 2.05) is 0 Å². The number of rotatable bonds is 4. The smallest absolute Gasteiger partial charge is 0.205 e. The molecule has 0 saturated heterocycles. The van der Waals surface area contributed by atoms with Crippen molar-refractivity contribution in [1.82, 2.24) is 0 Å². The predicted octanol–water partition coefficient (Wildman–Crippen LogP) is 4.97. The van der Waals surface area contributed by atoms with Crippen molar-refractivity contribution in [3.8, 4) is 11.5 Å². The van der Waals surface area contributed by atoms with Crippen LogP contribution in [0.15, 0.2) is 9.79 Å². The van der Waals surface area contributed by atoms with Crippen molar-refractivity contribution in [3.05, 3.63) is 46.5 Å². The molecule has 0 fully saturated rings. The topological polar surface area (TPSA) is 18.5 Å². The van der Waals surface area contributed by atoms with E-state index in [0.29, 0.717) is 0 Å². The minimum Gasteiger partial charge on any atom is -0.491 e. The number of methoxy groups -OCH3 is 2. The molecule has 0 N–H and O–H groups in total. The van der Waals surface area contributed by atoms with Gasteiger partial charge < -0.3 is 9.47 Å². The Kier molecular flexibility index (Phi) is 5.35.